The van der Waals surface area contributed by atoms with Crippen molar-refractivity contribution in [1.82, 2.24) is 14.1 Å². The number of carbonyl (C=O) groups is 1. The van der Waals surface area contributed by atoms with Gasteiger partial charge < -0.3 is 14.4 Å². The maximum atomic E-state index is 13.3. The fraction of sp³-hybridized carbons (Fsp3) is 0.500. The van der Waals surface area contributed by atoms with Gasteiger partial charge in [0.05, 0.1) is 17.5 Å². The molecule has 3 aliphatic heterocycles. The van der Waals surface area contributed by atoms with Gasteiger partial charge in [-0.1, -0.05) is 12.1 Å². The molecule has 0 radical (unpaired) electrons. The normalized spacial score (nSPS) is 21.3. The van der Waals surface area contributed by atoms with Crippen LogP contribution in [0, 0.1) is 13.8 Å². The van der Waals surface area contributed by atoms with E-state index in [0.29, 0.717) is 50.8 Å². The summed E-state index contributed by atoms with van der Waals surface area (Å²) in [5, 5.41) is 0. The molecule has 0 bridgehead atoms. The molecule has 9 heteroatoms. The number of hydrogen-bond acceptors (Lipinski definition) is 6. The van der Waals surface area contributed by atoms with Crippen LogP contribution in [0.5, 0.6) is 11.5 Å². The van der Waals surface area contributed by atoms with Crippen LogP contribution < -0.4 is 9.47 Å². The van der Waals surface area contributed by atoms with E-state index in [2.05, 4.69) is 4.90 Å². The van der Waals surface area contributed by atoms with Crippen LogP contribution in [-0.2, 0) is 14.8 Å². The molecule has 0 saturated carbocycles. The number of likely N-dealkylation sites (tertiary alicyclic amines) is 1. The standard InChI is InChI=1S/C26H33N3O5S/c1-19-5-7-22(16-20(19)2)35(31,32)28-12-10-27(11-13-28)18-26(30)29-9-3-4-23(29)21-6-8-24-25(17-21)34-15-14-33-24/h5-8,16-17,23H,3-4,9-15,18H2,1-2H3/t23-/m0/s1. The molecule has 0 aliphatic carbocycles. The summed E-state index contributed by atoms with van der Waals surface area (Å²) in [6.07, 6.45) is 1.89. The van der Waals surface area contributed by atoms with Crippen LogP contribution in [-0.4, -0.2) is 80.9 Å². The lowest BCUT2D eigenvalue weighted by molar-refractivity contribution is -0.133. The average molecular weight is 500 g/mol. The number of aryl methyl sites for hydroxylation is 2. The van der Waals surface area contributed by atoms with E-state index in [9.17, 15) is 13.2 Å². The lowest BCUT2D eigenvalue weighted by Crippen LogP contribution is -2.51. The van der Waals surface area contributed by atoms with Gasteiger partial charge in [0.1, 0.15) is 13.2 Å². The van der Waals surface area contributed by atoms with Crippen LogP contribution in [0.25, 0.3) is 0 Å². The zero-order valence-corrected chi connectivity index (χ0v) is 21.2. The highest BCUT2D eigenvalue weighted by molar-refractivity contribution is 7.89. The van der Waals surface area contributed by atoms with Crippen molar-refractivity contribution in [3.63, 3.8) is 0 Å². The smallest absolute Gasteiger partial charge is 0.243 e. The third kappa shape index (κ3) is 4.90. The Kier molecular flexibility index (Phi) is 6.74. The first kappa shape index (κ1) is 24.1. The summed E-state index contributed by atoms with van der Waals surface area (Å²) >= 11 is 0. The maximum absolute atomic E-state index is 13.3. The molecule has 0 N–H and O–H groups in total. The van der Waals surface area contributed by atoms with E-state index in [4.69, 9.17) is 9.47 Å². The first-order chi connectivity index (χ1) is 16.8. The Labute approximate surface area is 207 Å². The molecule has 8 nitrogen and oxygen atoms in total. The largest absolute Gasteiger partial charge is 0.486 e. The van der Waals surface area contributed by atoms with Gasteiger partial charge in [-0.15, -0.1) is 0 Å². The topological polar surface area (TPSA) is 79.4 Å². The van der Waals surface area contributed by atoms with Crippen molar-refractivity contribution in [3.8, 4) is 11.5 Å². The maximum Gasteiger partial charge on any atom is 0.243 e. The number of rotatable bonds is 5. The van der Waals surface area contributed by atoms with E-state index < -0.39 is 10.0 Å². The van der Waals surface area contributed by atoms with Gasteiger partial charge in [-0.2, -0.15) is 4.31 Å². The fourth-order valence-electron chi connectivity index (χ4n) is 5.11. The van der Waals surface area contributed by atoms with Crippen molar-refractivity contribution in [2.45, 2.75) is 37.6 Å². The SMILES string of the molecule is Cc1ccc(S(=O)(=O)N2CCN(CC(=O)N3CCC[C@H]3c3ccc4c(c3)OCCO4)CC2)cc1C. The molecule has 2 aromatic carbocycles. The number of benzene rings is 2. The van der Waals surface area contributed by atoms with E-state index in [-0.39, 0.29) is 11.9 Å². The molecule has 5 rings (SSSR count). The van der Waals surface area contributed by atoms with Gasteiger partial charge in [0.2, 0.25) is 15.9 Å². The summed E-state index contributed by atoms with van der Waals surface area (Å²) in [4.78, 5) is 17.6. The second kappa shape index (κ2) is 9.79. The Balaban J connectivity index is 1.20. The molecule has 2 aromatic rings. The van der Waals surface area contributed by atoms with Crippen molar-refractivity contribution in [1.29, 1.82) is 0 Å². The minimum atomic E-state index is -3.53. The lowest BCUT2D eigenvalue weighted by atomic mass is 10.0. The molecule has 2 saturated heterocycles. The number of amides is 1. The van der Waals surface area contributed by atoms with E-state index in [1.165, 1.54) is 4.31 Å². The van der Waals surface area contributed by atoms with Gasteiger partial charge in [0, 0.05) is 32.7 Å². The van der Waals surface area contributed by atoms with Gasteiger partial charge >= 0.3 is 0 Å². The summed E-state index contributed by atoms with van der Waals surface area (Å²) in [6.45, 7) is 7.87. The highest BCUT2D eigenvalue weighted by Gasteiger charge is 2.34. The average Bonchev–Trinajstić information content (AvgIpc) is 3.36. The molecule has 0 aromatic heterocycles. The summed E-state index contributed by atoms with van der Waals surface area (Å²) in [5.74, 6) is 1.59. The Bertz CT molecular complexity index is 1210. The Morgan fingerprint density at radius 3 is 2.40 bits per heavy atom. The van der Waals surface area contributed by atoms with Gasteiger partial charge in [-0.3, -0.25) is 9.69 Å². The van der Waals surface area contributed by atoms with Crippen molar-refractivity contribution < 1.29 is 22.7 Å². The monoisotopic (exact) mass is 499 g/mol. The summed E-state index contributed by atoms with van der Waals surface area (Å²) in [6, 6.07) is 11.3. The van der Waals surface area contributed by atoms with E-state index in [1.807, 2.05) is 43.0 Å². The molecule has 0 unspecified atom stereocenters. The first-order valence-corrected chi connectivity index (χ1v) is 13.8. The number of fused-ring (bicyclic) bond motifs is 1. The van der Waals surface area contributed by atoms with Crippen molar-refractivity contribution >= 4 is 15.9 Å². The van der Waals surface area contributed by atoms with E-state index in [1.54, 1.807) is 12.1 Å². The Morgan fingerprint density at radius 2 is 1.66 bits per heavy atom. The van der Waals surface area contributed by atoms with Crippen LogP contribution in [0.3, 0.4) is 0 Å². The molecule has 1 atom stereocenters. The Morgan fingerprint density at radius 1 is 0.914 bits per heavy atom. The van der Waals surface area contributed by atoms with Gasteiger partial charge in [-0.05, 0) is 67.6 Å². The van der Waals surface area contributed by atoms with Crippen LogP contribution in [0.2, 0.25) is 0 Å². The molecule has 0 spiro atoms. The minimum absolute atomic E-state index is 0.0322. The molecule has 35 heavy (non-hydrogen) atoms. The van der Waals surface area contributed by atoms with E-state index in [0.717, 1.165) is 47.6 Å². The summed E-state index contributed by atoms with van der Waals surface area (Å²) in [5.41, 5.74) is 3.11. The molecule has 2 fully saturated rings. The van der Waals surface area contributed by atoms with Gasteiger partial charge in [-0.25, -0.2) is 8.42 Å². The van der Waals surface area contributed by atoms with Crippen LogP contribution in [0.4, 0.5) is 0 Å². The van der Waals surface area contributed by atoms with Crippen LogP contribution in [0.15, 0.2) is 41.3 Å². The van der Waals surface area contributed by atoms with Crippen molar-refractivity contribution in [2.24, 2.45) is 0 Å². The van der Waals surface area contributed by atoms with Gasteiger partial charge in [0.25, 0.3) is 0 Å². The van der Waals surface area contributed by atoms with Crippen LogP contribution in [0.1, 0.15) is 35.6 Å². The minimum Gasteiger partial charge on any atom is -0.486 e. The van der Waals surface area contributed by atoms with Gasteiger partial charge in [0.15, 0.2) is 11.5 Å². The van der Waals surface area contributed by atoms with Crippen molar-refractivity contribution in [2.75, 3.05) is 52.5 Å². The lowest BCUT2D eigenvalue weighted by Gasteiger charge is -2.35. The number of hydrogen-bond donors (Lipinski definition) is 0. The fourth-order valence-corrected chi connectivity index (χ4v) is 6.62. The molecule has 188 valence electrons. The predicted molar refractivity (Wildman–Crippen MR) is 132 cm³/mol. The summed E-state index contributed by atoms with van der Waals surface area (Å²) < 4.78 is 39.1. The molecular weight excluding hydrogens is 466 g/mol. The first-order valence-electron chi connectivity index (χ1n) is 12.3. The van der Waals surface area contributed by atoms with E-state index >= 15 is 0 Å². The molecular formula is C26H33N3O5S. The predicted octanol–water partition coefficient (Wildman–Crippen LogP) is 2.74. The number of nitrogens with zero attached hydrogens (tertiary/aromatic N) is 3. The zero-order valence-electron chi connectivity index (χ0n) is 20.4. The second-order valence-corrected chi connectivity index (χ2v) is 11.5. The third-order valence-electron chi connectivity index (χ3n) is 7.33. The third-order valence-corrected chi connectivity index (χ3v) is 9.23. The number of carbonyl (C=O) groups excluding carboxylic acids is 1. The second-order valence-electron chi connectivity index (χ2n) is 9.57. The quantitative estimate of drug-likeness (QED) is 0.630. The molecule has 3 heterocycles. The highest BCUT2D eigenvalue weighted by atomic mass is 32.2. The highest BCUT2D eigenvalue weighted by Crippen LogP contribution is 2.38. The molecule has 1 amide bonds. The number of ether oxygens (including phenoxy) is 2. The zero-order chi connectivity index (χ0) is 24.6. The van der Waals surface area contributed by atoms with Crippen LogP contribution >= 0.6 is 0 Å². The molecule has 3 aliphatic rings. The number of sulfonamides is 1. The van der Waals surface area contributed by atoms with Crippen molar-refractivity contribution in [3.05, 3.63) is 53.1 Å². The summed E-state index contributed by atoms with van der Waals surface area (Å²) in [7, 11) is -3.53. The Hall–Kier alpha value is -2.62. The number of piperazine rings is 1.